The number of carbonyl (C=O) groups excluding carboxylic acids is 1. The summed E-state index contributed by atoms with van der Waals surface area (Å²) in [7, 11) is 0. The minimum Gasteiger partial charge on any atom is -0.477 e. The topological polar surface area (TPSA) is 90.3 Å². The van der Waals surface area contributed by atoms with Crippen molar-refractivity contribution < 1.29 is 14.3 Å². The highest BCUT2D eigenvalue weighted by molar-refractivity contribution is 5.91. The molecule has 27 heavy (non-hydrogen) atoms. The van der Waals surface area contributed by atoms with E-state index in [2.05, 4.69) is 19.9 Å². The summed E-state index contributed by atoms with van der Waals surface area (Å²) in [5.41, 5.74) is 0.621. The van der Waals surface area contributed by atoms with Crippen molar-refractivity contribution in [3.63, 3.8) is 0 Å². The predicted octanol–water partition coefficient (Wildman–Crippen LogP) is 1.67. The Morgan fingerprint density at radius 2 is 2.15 bits per heavy atom. The maximum absolute atomic E-state index is 12.4. The molecule has 1 amide bonds. The van der Waals surface area contributed by atoms with Gasteiger partial charge in [-0.2, -0.15) is 0 Å². The van der Waals surface area contributed by atoms with Gasteiger partial charge in [-0.1, -0.05) is 0 Å². The van der Waals surface area contributed by atoms with E-state index in [9.17, 15) is 4.79 Å². The van der Waals surface area contributed by atoms with Crippen LogP contribution in [0.3, 0.4) is 0 Å². The van der Waals surface area contributed by atoms with Gasteiger partial charge in [-0.25, -0.2) is 15.0 Å². The first-order valence-electron chi connectivity index (χ1n) is 9.25. The van der Waals surface area contributed by atoms with Gasteiger partial charge in [0.1, 0.15) is 5.60 Å². The fourth-order valence-corrected chi connectivity index (χ4v) is 3.78. The molecule has 2 aliphatic rings. The summed E-state index contributed by atoms with van der Waals surface area (Å²) in [6.07, 6.45) is 9.41. The van der Waals surface area contributed by atoms with Crippen molar-refractivity contribution in [2.75, 3.05) is 26.3 Å². The fraction of sp³-hybridized carbons (Fsp3) is 0.526. The van der Waals surface area contributed by atoms with E-state index in [4.69, 9.17) is 9.47 Å². The molecular formula is C19H23N5O3. The standard InChI is InChI=1S/C19H23N5O3/c1-14-10-20-11-16(23-14)26-7-3-15-4-8-27-19(9-15)12-24(13-19)18(25)17-21-5-2-6-22-17/h2,5-6,10-11,15H,3-4,7-9,12-13H2,1H3. The number of likely N-dealkylation sites (tertiary alicyclic amines) is 1. The number of carbonyl (C=O) groups is 1. The van der Waals surface area contributed by atoms with Gasteiger partial charge < -0.3 is 14.4 Å². The van der Waals surface area contributed by atoms with Gasteiger partial charge in [-0.3, -0.25) is 9.78 Å². The Hall–Kier alpha value is -2.61. The first kappa shape index (κ1) is 17.8. The highest BCUT2D eigenvalue weighted by Gasteiger charge is 2.49. The molecule has 2 aromatic heterocycles. The molecule has 0 aliphatic carbocycles. The molecule has 8 nitrogen and oxygen atoms in total. The third-order valence-corrected chi connectivity index (χ3v) is 5.11. The quantitative estimate of drug-likeness (QED) is 0.792. The largest absolute Gasteiger partial charge is 0.477 e. The van der Waals surface area contributed by atoms with E-state index in [0.717, 1.165) is 31.6 Å². The molecule has 0 aromatic carbocycles. The zero-order chi connectivity index (χ0) is 18.7. The molecule has 2 aromatic rings. The van der Waals surface area contributed by atoms with Crippen LogP contribution in [-0.2, 0) is 4.74 Å². The molecule has 2 fully saturated rings. The third-order valence-electron chi connectivity index (χ3n) is 5.11. The fourth-order valence-electron chi connectivity index (χ4n) is 3.78. The number of nitrogens with zero attached hydrogens (tertiary/aromatic N) is 5. The van der Waals surface area contributed by atoms with Crippen molar-refractivity contribution in [2.24, 2.45) is 5.92 Å². The lowest BCUT2D eigenvalue weighted by molar-refractivity contribution is -0.167. The summed E-state index contributed by atoms with van der Waals surface area (Å²) in [5, 5.41) is 0. The molecule has 142 valence electrons. The van der Waals surface area contributed by atoms with Gasteiger partial charge in [0.25, 0.3) is 5.91 Å². The van der Waals surface area contributed by atoms with Crippen LogP contribution in [0.5, 0.6) is 5.88 Å². The summed E-state index contributed by atoms with van der Waals surface area (Å²) in [6, 6.07) is 1.70. The Kier molecular flexibility index (Phi) is 4.98. The molecule has 2 saturated heterocycles. The summed E-state index contributed by atoms with van der Waals surface area (Å²) in [4.78, 5) is 30.6. The second-order valence-electron chi connectivity index (χ2n) is 7.26. The second kappa shape index (κ2) is 7.56. The van der Waals surface area contributed by atoms with Gasteiger partial charge in [0, 0.05) is 25.2 Å². The van der Waals surface area contributed by atoms with Gasteiger partial charge in [-0.15, -0.1) is 0 Å². The first-order chi connectivity index (χ1) is 13.1. The van der Waals surface area contributed by atoms with Gasteiger partial charge in [-0.05, 0) is 38.2 Å². The van der Waals surface area contributed by atoms with Crippen molar-refractivity contribution in [3.05, 3.63) is 42.4 Å². The van der Waals surface area contributed by atoms with E-state index in [-0.39, 0.29) is 17.3 Å². The normalized spacial score (nSPS) is 20.9. The Balaban J connectivity index is 1.26. The van der Waals surface area contributed by atoms with Crippen LogP contribution >= 0.6 is 0 Å². The summed E-state index contributed by atoms with van der Waals surface area (Å²) in [6.45, 7) is 4.43. The maximum atomic E-state index is 12.4. The number of aromatic nitrogens is 4. The van der Waals surface area contributed by atoms with E-state index >= 15 is 0 Å². The van der Waals surface area contributed by atoms with Crippen LogP contribution in [0.4, 0.5) is 0 Å². The van der Waals surface area contributed by atoms with Crippen LogP contribution in [0.15, 0.2) is 30.9 Å². The van der Waals surface area contributed by atoms with E-state index in [1.165, 1.54) is 0 Å². The number of amides is 1. The molecule has 0 N–H and O–H groups in total. The molecule has 1 atom stereocenters. The Labute approximate surface area is 158 Å². The molecule has 4 heterocycles. The average Bonchev–Trinajstić information content (AvgIpc) is 2.66. The molecule has 1 unspecified atom stereocenters. The summed E-state index contributed by atoms with van der Waals surface area (Å²) >= 11 is 0. The molecule has 1 spiro atoms. The zero-order valence-corrected chi connectivity index (χ0v) is 15.4. The van der Waals surface area contributed by atoms with Crippen molar-refractivity contribution in [1.82, 2.24) is 24.8 Å². The lowest BCUT2D eigenvalue weighted by atomic mass is 9.79. The number of hydrogen-bond donors (Lipinski definition) is 0. The lowest BCUT2D eigenvalue weighted by Gasteiger charge is -2.53. The average molecular weight is 369 g/mol. The van der Waals surface area contributed by atoms with E-state index < -0.39 is 0 Å². The third kappa shape index (κ3) is 4.05. The number of rotatable bonds is 5. The monoisotopic (exact) mass is 369 g/mol. The van der Waals surface area contributed by atoms with Crippen LogP contribution in [0.25, 0.3) is 0 Å². The molecule has 4 rings (SSSR count). The summed E-state index contributed by atoms with van der Waals surface area (Å²) in [5.74, 6) is 1.20. The molecule has 0 saturated carbocycles. The number of ether oxygens (including phenoxy) is 2. The highest BCUT2D eigenvalue weighted by Crippen LogP contribution is 2.38. The van der Waals surface area contributed by atoms with E-state index in [1.54, 1.807) is 35.8 Å². The maximum Gasteiger partial charge on any atom is 0.291 e. The van der Waals surface area contributed by atoms with Crippen LogP contribution in [-0.4, -0.2) is 62.6 Å². The van der Waals surface area contributed by atoms with Gasteiger partial charge in [0.05, 0.1) is 31.6 Å². The highest BCUT2D eigenvalue weighted by atomic mass is 16.5. The van der Waals surface area contributed by atoms with E-state index in [1.807, 2.05) is 6.92 Å². The van der Waals surface area contributed by atoms with Crippen LogP contribution in [0.1, 0.15) is 35.6 Å². The zero-order valence-electron chi connectivity index (χ0n) is 15.4. The second-order valence-corrected chi connectivity index (χ2v) is 7.26. The van der Waals surface area contributed by atoms with Gasteiger partial charge >= 0.3 is 0 Å². The molecule has 2 aliphatic heterocycles. The van der Waals surface area contributed by atoms with Crippen LogP contribution in [0, 0.1) is 12.8 Å². The van der Waals surface area contributed by atoms with Crippen molar-refractivity contribution in [1.29, 1.82) is 0 Å². The van der Waals surface area contributed by atoms with Gasteiger partial charge in [0.2, 0.25) is 11.7 Å². The molecule has 0 bridgehead atoms. The summed E-state index contributed by atoms with van der Waals surface area (Å²) < 4.78 is 11.8. The number of aryl methyl sites for hydroxylation is 1. The molecular weight excluding hydrogens is 346 g/mol. The smallest absolute Gasteiger partial charge is 0.291 e. The Morgan fingerprint density at radius 1 is 1.33 bits per heavy atom. The van der Waals surface area contributed by atoms with Gasteiger partial charge in [0.15, 0.2) is 0 Å². The number of hydrogen-bond acceptors (Lipinski definition) is 7. The first-order valence-corrected chi connectivity index (χ1v) is 9.25. The molecule has 8 heteroatoms. The SMILES string of the molecule is Cc1cncc(OCCC2CCOC3(C2)CN(C(=O)c2ncccn2)C3)n1. The predicted molar refractivity (Wildman–Crippen MR) is 96.2 cm³/mol. The van der Waals surface area contributed by atoms with Crippen LogP contribution < -0.4 is 4.74 Å². The van der Waals surface area contributed by atoms with Crippen molar-refractivity contribution >= 4 is 5.91 Å². The van der Waals surface area contributed by atoms with Crippen molar-refractivity contribution in [2.45, 2.75) is 31.8 Å². The van der Waals surface area contributed by atoms with Crippen molar-refractivity contribution in [3.8, 4) is 5.88 Å². The lowest BCUT2D eigenvalue weighted by Crippen LogP contribution is -2.66. The van der Waals surface area contributed by atoms with Crippen LogP contribution in [0.2, 0.25) is 0 Å². The molecule has 0 radical (unpaired) electrons. The van der Waals surface area contributed by atoms with E-state index in [0.29, 0.717) is 31.5 Å². The minimum atomic E-state index is -0.226. The Morgan fingerprint density at radius 3 is 2.93 bits per heavy atom. The minimum absolute atomic E-state index is 0.131. The Bertz CT molecular complexity index is 795.